The van der Waals surface area contributed by atoms with Crippen LogP contribution in [0.25, 0.3) is 0 Å². The third-order valence-corrected chi connectivity index (χ3v) is 2.68. The van der Waals surface area contributed by atoms with Crippen molar-refractivity contribution >= 4 is 40.7 Å². The zero-order valence-corrected chi connectivity index (χ0v) is 9.40. The highest BCUT2D eigenvalue weighted by Crippen LogP contribution is 2.22. The summed E-state index contributed by atoms with van der Waals surface area (Å²) in [6, 6.07) is 5.01. The second kappa shape index (κ2) is 4.87. The number of carbonyl (C=O) groups is 1. The van der Waals surface area contributed by atoms with Crippen molar-refractivity contribution in [1.29, 1.82) is 0 Å². The number of benzene rings is 1. The fourth-order valence-corrected chi connectivity index (χ4v) is 1.63. The highest BCUT2D eigenvalue weighted by Gasteiger charge is 2.13. The van der Waals surface area contributed by atoms with Gasteiger partial charge in [0.25, 0.3) is 0 Å². The van der Waals surface area contributed by atoms with Crippen molar-refractivity contribution in [2.45, 2.75) is 11.8 Å². The topological polar surface area (TPSA) is 43.1 Å². The van der Waals surface area contributed by atoms with E-state index in [1.807, 2.05) is 0 Å². The van der Waals surface area contributed by atoms with Crippen molar-refractivity contribution in [3.8, 4) is 0 Å². The number of hydrogen-bond acceptors (Lipinski definition) is 1. The zero-order valence-electron chi connectivity index (χ0n) is 7.14. The van der Waals surface area contributed by atoms with Crippen molar-refractivity contribution in [2.24, 2.45) is 5.73 Å². The van der Waals surface area contributed by atoms with Crippen LogP contribution in [-0.4, -0.2) is 11.3 Å². The van der Waals surface area contributed by atoms with Gasteiger partial charge in [-0.25, -0.2) is 0 Å². The van der Waals surface area contributed by atoms with E-state index in [2.05, 4.69) is 0 Å². The summed E-state index contributed by atoms with van der Waals surface area (Å²) in [7, 11) is 0. The van der Waals surface area contributed by atoms with Gasteiger partial charge in [-0.05, 0) is 24.1 Å². The quantitative estimate of drug-likeness (QED) is 0.826. The Hall–Kier alpha value is -0.440. The Morgan fingerprint density at radius 3 is 2.57 bits per heavy atom. The van der Waals surface area contributed by atoms with E-state index in [4.69, 9.17) is 40.5 Å². The Kier molecular flexibility index (Phi) is 4.05. The molecule has 1 atom stereocenters. The maximum absolute atomic E-state index is 10.7. The molecule has 0 bridgehead atoms. The number of alkyl halides is 1. The molecule has 0 saturated carbocycles. The van der Waals surface area contributed by atoms with Crippen LogP contribution in [0.3, 0.4) is 0 Å². The summed E-state index contributed by atoms with van der Waals surface area (Å²) in [5.74, 6) is -0.558. The molecule has 0 radical (unpaired) electrons. The van der Waals surface area contributed by atoms with Crippen LogP contribution in [0.4, 0.5) is 0 Å². The Balaban J connectivity index is 2.82. The summed E-state index contributed by atoms with van der Waals surface area (Å²) in [6.07, 6.45) is 0.312. The summed E-state index contributed by atoms with van der Waals surface area (Å²) in [5, 5.41) is 0.294. The minimum atomic E-state index is -0.742. The molecule has 0 aliphatic rings. The van der Waals surface area contributed by atoms with Crippen LogP contribution < -0.4 is 5.73 Å². The molecule has 5 heteroatoms. The van der Waals surface area contributed by atoms with E-state index in [1.54, 1.807) is 18.2 Å². The number of nitrogens with two attached hydrogens (primary N) is 1. The predicted octanol–water partition coefficient (Wildman–Crippen LogP) is 2.63. The van der Waals surface area contributed by atoms with Gasteiger partial charge in [0.05, 0.1) is 0 Å². The molecule has 0 aliphatic heterocycles. The van der Waals surface area contributed by atoms with Gasteiger partial charge in [0.2, 0.25) is 5.91 Å². The molecule has 0 saturated heterocycles. The van der Waals surface area contributed by atoms with Crippen LogP contribution >= 0.6 is 34.8 Å². The Morgan fingerprint density at radius 2 is 2.07 bits per heavy atom. The monoisotopic (exact) mass is 251 g/mol. The van der Waals surface area contributed by atoms with Gasteiger partial charge in [0.1, 0.15) is 5.38 Å². The number of primary amides is 1. The average Bonchev–Trinajstić information content (AvgIpc) is 2.09. The van der Waals surface area contributed by atoms with Crippen LogP contribution in [0.1, 0.15) is 5.56 Å². The van der Waals surface area contributed by atoms with Gasteiger partial charge in [0, 0.05) is 10.0 Å². The standard InChI is InChI=1S/C9H8Cl3NO/c10-6-2-1-5(7(11)4-6)3-8(12)9(13)14/h1-2,4,8H,3H2,(H2,13,14). The molecule has 76 valence electrons. The first-order valence-corrected chi connectivity index (χ1v) is 5.07. The van der Waals surface area contributed by atoms with E-state index in [0.717, 1.165) is 5.56 Å². The number of rotatable bonds is 3. The first-order chi connectivity index (χ1) is 6.50. The molecule has 14 heavy (non-hydrogen) atoms. The van der Waals surface area contributed by atoms with Crippen molar-refractivity contribution < 1.29 is 4.79 Å². The van der Waals surface area contributed by atoms with Gasteiger partial charge in [-0.15, -0.1) is 11.6 Å². The zero-order chi connectivity index (χ0) is 10.7. The summed E-state index contributed by atoms with van der Waals surface area (Å²) in [5.41, 5.74) is 5.78. The molecule has 1 unspecified atom stereocenters. The molecule has 0 spiro atoms. The minimum Gasteiger partial charge on any atom is -0.368 e. The Morgan fingerprint density at radius 1 is 1.43 bits per heavy atom. The minimum absolute atomic E-state index is 0.312. The molecule has 2 N–H and O–H groups in total. The third-order valence-electron chi connectivity index (χ3n) is 1.72. The lowest BCUT2D eigenvalue weighted by Crippen LogP contribution is -2.25. The number of carbonyl (C=O) groups excluding carboxylic acids is 1. The highest BCUT2D eigenvalue weighted by atomic mass is 35.5. The van der Waals surface area contributed by atoms with Crippen LogP contribution in [0, 0.1) is 0 Å². The summed E-state index contributed by atoms with van der Waals surface area (Å²) >= 11 is 17.3. The summed E-state index contributed by atoms with van der Waals surface area (Å²) < 4.78 is 0. The first kappa shape index (κ1) is 11.6. The number of amides is 1. The van der Waals surface area contributed by atoms with Crippen LogP contribution in [0.2, 0.25) is 10.0 Å². The molecule has 1 rings (SSSR count). The lowest BCUT2D eigenvalue weighted by molar-refractivity contribution is -0.117. The normalized spacial score (nSPS) is 12.5. The smallest absolute Gasteiger partial charge is 0.235 e. The largest absolute Gasteiger partial charge is 0.368 e. The lowest BCUT2D eigenvalue weighted by atomic mass is 10.1. The number of hydrogen-bond donors (Lipinski definition) is 1. The van der Waals surface area contributed by atoms with E-state index < -0.39 is 11.3 Å². The highest BCUT2D eigenvalue weighted by molar-refractivity contribution is 6.35. The van der Waals surface area contributed by atoms with E-state index in [9.17, 15) is 4.79 Å². The van der Waals surface area contributed by atoms with Gasteiger partial charge in [-0.1, -0.05) is 29.3 Å². The van der Waals surface area contributed by atoms with Gasteiger partial charge >= 0.3 is 0 Å². The van der Waals surface area contributed by atoms with Crippen LogP contribution in [-0.2, 0) is 11.2 Å². The van der Waals surface area contributed by atoms with Gasteiger partial charge in [0.15, 0.2) is 0 Å². The number of halogens is 3. The first-order valence-electron chi connectivity index (χ1n) is 3.88. The molecule has 0 heterocycles. The maximum Gasteiger partial charge on any atom is 0.235 e. The summed E-state index contributed by atoms with van der Waals surface area (Å²) in [4.78, 5) is 10.7. The average molecular weight is 253 g/mol. The van der Waals surface area contributed by atoms with E-state index in [1.165, 1.54) is 0 Å². The van der Waals surface area contributed by atoms with E-state index in [-0.39, 0.29) is 0 Å². The molecule has 0 aromatic heterocycles. The van der Waals surface area contributed by atoms with Crippen molar-refractivity contribution in [2.75, 3.05) is 0 Å². The summed E-state index contributed by atoms with van der Waals surface area (Å²) in [6.45, 7) is 0. The molecule has 1 aromatic rings. The maximum atomic E-state index is 10.7. The SMILES string of the molecule is NC(=O)C(Cl)Cc1ccc(Cl)cc1Cl. The predicted molar refractivity (Wildman–Crippen MR) is 59.0 cm³/mol. The fraction of sp³-hybridized carbons (Fsp3) is 0.222. The molecule has 0 aliphatic carbocycles. The third kappa shape index (κ3) is 3.05. The van der Waals surface area contributed by atoms with Crippen molar-refractivity contribution in [3.63, 3.8) is 0 Å². The van der Waals surface area contributed by atoms with E-state index >= 15 is 0 Å². The molecule has 0 fully saturated rings. The molecular weight excluding hydrogens is 244 g/mol. The van der Waals surface area contributed by atoms with Crippen LogP contribution in [0.5, 0.6) is 0 Å². The molecule has 2 nitrogen and oxygen atoms in total. The Bertz CT molecular complexity index is 354. The second-order valence-electron chi connectivity index (χ2n) is 2.81. The fourth-order valence-electron chi connectivity index (χ4n) is 0.981. The van der Waals surface area contributed by atoms with E-state index in [0.29, 0.717) is 16.5 Å². The lowest BCUT2D eigenvalue weighted by Gasteiger charge is -2.07. The van der Waals surface area contributed by atoms with Gasteiger partial charge < -0.3 is 5.73 Å². The Labute approximate surface area is 96.9 Å². The second-order valence-corrected chi connectivity index (χ2v) is 4.18. The molecule has 1 aromatic carbocycles. The van der Waals surface area contributed by atoms with Crippen LogP contribution in [0.15, 0.2) is 18.2 Å². The molecular formula is C9H8Cl3NO. The van der Waals surface area contributed by atoms with Gasteiger partial charge in [-0.2, -0.15) is 0 Å². The van der Waals surface area contributed by atoms with Crippen molar-refractivity contribution in [1.82, 2.24) is 0 Å². The van der Waals surface area contributed by atoms with Crippen molar-refractivity contribution in [3.05, 3.63) is 33.8 Å². The van der Waals surface area contributed by atoms with Gasteiger partial charge in [-0.3, -0.25) is 4.79 Å². The molecule has 1 amide bonds.